The van der Waals surface area contributed by atoms with Gasteiger partial charge in [0.2, 0.25) is 0 Å². The van der Waals surface area contributed by atoms with Crippen LogP contribution in [0.25, 0.3) is 0 Å². The standard InChI is InChI=1S/C24H32N4O5Si/c1-34(2,3)15-14-32-17-27-22(29)20-10-6-11-26(21(20)16-25-27)12-7-13-33-28-23(30)18-8-4-5-9-19(18)24(28)31/h4-5,8-9,16H,6-7,10-15,17H2,1-3H3. The Balaban J connectivity index is 1.30. The summed E-state index contributed by atoms with van der Waals surface area (Å²) < 4.78 is 7.11. The van der Waals surface area contributed by atoms with E-state index in [0.717, 1.165) is 35.3 Å². The molecule has 34 heavy (non-hydrogen) atoms. The van der Waals surface area contributed by atoms with Crippen LogP contribution in [0, 0.1) is 0 Å². The van der Waals surface area contributed by atoms with E-state index in [2.05, 4.69) is 29.6 Å². The highest BCUT2D eigenvalue weighted by Crippen LogP contribution is 2.25. The summed E-state index contributed by atoms with van der Waals surface area (Å²) in [6.07, 6.45) is 3.92. The molecule has 2 aromatic rings. The first kappa shape index (κ1) is 24.3. The van der Waals surface area contributed by atoms with Gasteiger partial charge in [0.25, 0.3) is 17.4 Å². The number of imide groups is 1. The molecule has 10 heteroatoms. The second kappa shape index (κ2) is 10.2. The zero-order valence-corrected chi connectivity index (χ0v) is 21.1. The van der Waals surface area contributed by atoms with Crippen molar-refractivity contribution in [2.24, 2.45) is 0 Å². The van der Waals surface area contributed by atoms with E-state index in [1.165, 1.54) is 4.68 Å². The molecular formula is C24H32N4O5Si. The molecule has 0 saturated carbocycles. The lowest BCUT2D eigenvalue weighted by Gasteiger charge is -2.30. The van der Waals surface area contributed by atoms with Crippen molar-refractivity contribution in [2.45, 2.75) is 51.7 Å². The molecule has 2 aliphatic rings. The Morgan fingerprint density at radius 3 is 2.41 bits per heavy atom. The summed E-state index contributed by atoms with van der Waals surface area (Å²) in [4.78, 5) is 45.4. The highest BCUT2D eigenvalue weighted by atomic mass is 28.3. The van der Waals surface area contributed by atoms with Crippen LogP contribution in [-0.4, -0.2) is 61.0 Å². The first-order chi connectivity index (χ1) is 16.3. The molecule has 4 rings (SSSR count). The maximum absolute atomic E-state index is 12.9. The summed E-state index contributed by atoms with van der Waals surface area (Å²) in [7, 11) is -1.18. The SMILES string of the molecule is C[Si](C)(C)CCOCn1ncc2c(c1=O)CCCN2CCCON1C(=O)c2ccccc2C1=O. The molecule has 0 unspecified atom stereocenters. The first-order valence-corrected chi connectivity index (χ1v) is 15.5. The number of benzene rings is 1. The minimum Gasteiger partial charge on any atom is -0.370 e. The number of carbonyl (C=O) groups is 2. The quantitative estimate of drug-likeness (QED) is 0.291. The van der Waals surface area contributed by atoms with Gasteiger partial charge in [-0.05, 0) is 37.4 Å². The molecule has 3 heterocycles. The summed E-state index contributed by atoms with van der Waals surface area (Å²) in [5.74, 6) is -0.860. The van der Waals surface area contributed by atoms with E-state index in [4.69, 9.17) is 9.57 Å². The number of amides is 2. The normalized spacial score (nSPS) is 15.6. The van der Waals surface area contributed by atoms with Crippen LogP contribution in [0.15, 0.2) is 35.3 Å². The highest BCUT2D eigenvalue weighted by Gasteiger charge is 2.36. The van der Waals surface area contributed by atoms with Crippen molar-refractivity contribution >= 4 is 25.6 Å². The van der Waals surface area contributed by atoms with Gasteiger partial charge in [-0.1, -0.05) is 31.8 Å². The number of rotatable bonds is 10. The Bertz CT molecular complexity index is 1090. The van der Waals surface area contributed by atoms with Crippen LogP contribution in [0.2, 0.25) is 25.7 Å². The minimum atomic E-state index is -1.18. The van der Waals surface area contributed by atoms with Crippen LogP contribution in [0.1, 0.15) is 39.1 Å². The number of anilines is 1. The van der Waals surface area contributed by atoms with Gasteiger partial charge in [-0.2, -0.15) is 5.10 Å². The van der Waals surface area contributed by atoms with Gasteiger partial charge in [0.1, 0.15) is 6.73 Å². The molecule has 0 fully saturated rings. The molecule has 1 aromatic heterocycles. The van der Waals surface area contributed by atoms with Crippen molar-refractivity contribution in [3.05, 3.63) is 57.5 Å². The Kier molecular flexibility index (Phi) is 7.29. The highest BCUT2D eigenvalue weighted by molar-refractivity contribution is 6.76. The van der Waals surface area contributed by atoms with Crippen molar-refractivity contribution in [3.8, 4) is 0 Å². The van der Waals surface area contributed by atoms with E-state index < -0.39 is 19.9 Å². The number of hydroxylamine groups is 2. The molecule has 182 valence electrons. The number of aromatic nitrogens is 2. The second-order valence-electron chi connectivity index (χ2n) is 9.89. The van der Waals surface area contributed by atoms with Crippen LogP contribution in [0.5, 0.6) is 0 Å². The first-order valence-electron chi connectivity index (χ1n) is 11.8. The maximum atomic E-state index is 12.9. The average Bonchev–Trinajstić information content (AvgIpc) is 3.05. The van der Waals surface area contributed by atoms with E-state index in [9.17, 15) is 14.4 Å². The number of hydrogen-bond donors (Lipinski definition) is 0. The van der Waals surface area contributed by atoms with Gasteiger partial charge in [0.15, 0.2) is 0 Å². The molecule has 0 N–H and O–H groups in total. The third kappa shape index (κ3) is 5.29. The third-order valence-corrected chi connectivity index (χ3v) is 7.78. The molecule has 2 aliphatic heterocycles. The van der Waals surface area contributed by atoms with Crippen LogP contribution in [0.4, 0.5) is 5.69 Å². The van der Waals surface area contributed by atoms with Crippen LogP contribution in [-0.2, 0) is 22.7 Å². The minimum absolute atomic E-state index is 0.0996. The molecule has 2 amide bonds. The molecule has 0 atom stereocenters. The number of hydrogen-bond acceptors (Lipinski definition) is 7. The van der Waals surface area contributed by atoms with Crippen LogP contribution in [0.3, 0.4) is 0 Å². The summed E-state index contributed by atoms with van der Waals surface area (Å²) in [5.41, 5.74) is 2.23. The predicted molar refractivity (Wildman–Crippen MR) is 131 cm³/mol. The van der Waals surface area contributed by atoms with Crippen LogP contribution >= 0.6 is 0 Å². The lowest BCUT2D eigenvalue weighted by molar-refractivity contribution is -0.0914. The molecular weight excluding hydrogens is 452 g/mol. The topological polar surface area (TPSA) is 94.0 Å². The Morgan fingerprint density at radius 1 is 1.03 bits per heavy atom. The van der Waals surface area contributed by atoms with Crippen molar-refractivity contribution in [1.29, 1.82) is 0 Å². The third-order valence-electron chi connectivity index (χ3n) is 6.08. The lowest BCUT2D eigenvalue weighted by atomic mass is 10.0. The summed E-state index contributed by atoms with van der Waals surface area (Å²) in [6, 6.07) is 7.75. The van der Waals surface area contributed by atoms with Crippen molar-refractivity contribution in [2.75, 3.05) is 31.2 Å². The summed E-state index contributed by atoms with van der Waals surface area (Å²) in [6.45, 7) is 9.35. The second-order valence-corrected chi connectivity index (χ2v) is 15.5. The smallest absolute Gasteiger partial charge is 0.285 e. The van der Waals surface area contributed by atoms with E-state index in [0.29, 0.717) is 37.1 Å². The van der Waals surface area contributed by atoms with Gasteiger partial charge in [-0.25, -0.2) is 4.68 Å². The fourth-order valence-electron chi connectivity index (χ4n) is 4.14. The fourth-order valence-corrected chi connectivity index (χ4v) is 4.90. The number of carbonyl (C=O) groups excluding carboxylic acids is 2. The number of ether oxygens (including phenoxy) is 1. The monoisotopic (exact) mass is 484 g/mol. The Labute approximate surface area is 200 Å². The summed E-state index contributed by atoms with van der Waals surface area (Å²) >= 11 is 0. The van der Waals surface area contributed by atoms with Gasteiger partial charge in [-0.3, -0.25) is 19.2 Å². The average molecular weight is 485 g/mol. The Morgan fingerprint density at radius 2 is 1.74 bits per heavy atom. The van der Waals surface area contributed by atoms with E-state index in [1.807, 2.05) is 0 Å². The number of nitrogens with zero attached hydrogens (tertiary/aromatic N) is 4. The molecule has 9 nitrogen and oxygen atoms in total. The predicted octanol–water partition coefficient (Wildman–Crippen LogP) is 2.93. The van der Waals surface area contributed by atoms with E-state index in [1.54, 1.807) is 30.5 Å². The van der Waals surface area contributed by atoms with Gasteiger partial charge in [0.05, 0.1) is 29.6 Å². The zero-order chi connectivity index (χ0) is 24.3. The van der Waals surface area contributed by atoms with Crippen molar-refractivity contribution in [3.63, 3.8) is 0 Å². The molecule has 1 aromatic carbocycles. The lowest BCUT2D eigenvalue weighted by Crippen LogP contribution is -2.38. The van der Waals surface area contributed by atoms with E-state index >= 15 is 0 Å². The zero-order valence-electron chi connectivity index (χ0n) is 20.1. The van der Waals surface area contributed by atoms with Gasteiger partial charge >= 0.3 is 0 Å². The fraction of sp³-hybridized carbons (Fsp3) is 0.500. The van der Waals surface area contributed by atoms with Crippen molar-refractivity contribution < 1.29 is 19.2 Å². The molecule has 0 aliphatic carbocycles. The van der Waals surface area contributed by atoms with Crippen molar-refractivity contribution in [1.82, 2.24) is 14.8 Å². The molecule has 0 saturated heterocycles. The Hall–Kier alpha value is -2.82. The molecule has 0 radical (unpaired) electrons. The number of fused-ring (bicyclic) bond motifs is 2. The maximum Gasteiger partial charge on any atom is 0.285 e. The largest absolute Gasteiger partial charge is 0.370 e. The van der Waals surface area contributed by atoms with Gasteiger partial charge in [0, 0.05) is 33.3 Å². The van der Waals surface area contributed by atoms with E-state index in [-0.39, 0.29) is 18.9 Å². The summed E-state index contributed by atoms with van der Waals surface area (Å²) in [5, 5.41) is 5.17. The molecule has 0 bridgehead atoms. The van der Waals surface area contributed by atoms with Gasteiger partial charge < -0.3 is 9.64 Å². The van der Waals surface area contributed by atoms with Gasteiger partial charge in [-0.15, -0.1) is 5.06 Å². The van der Waals surface area contributed by atoms with Crippen LogP contribution < -0.4 is 10.5 Å². The molecule has 0 spiro atoms.